The highest BCUT2D eigenvalue weighted by Gasteiger charge is 2.47. The lowest BCUT2D eigenvalue weighted by Gasteiger charge is -2.27. The zero-order valence-electron chi connectivity index (χ0n) is 14.6. The molecule has 0 aliphatic rings. The van der Waals surface area contributed by atoms with Crippen LogP contribution in [0.3, 0.4) is 0 Å². The lowest BCUT2D eigenvalue weighted by atomic mass is 9.84. The predicted molar refractivity (Wildman–Crippen MR) is 88.6 cm³/mol. The second-order valence-corrected chi connectivity index (χ2v) is 6.59. The van der Waals surface area contributed by atoms with Crippen molar-refractivity contribution in [2.75, 3.05) is 0 Å². The van der Waals surface area contributed by atoms with Crippen molar-refractivity contribution >= 4 is 5.97 Å². The van der Waals surface area contributed by atoms with Gasteiger partial charge in [-0.05, 0) is 31.0 Å². The Morgan fingerprint density at radius 3 is 2.46 bits per heavy atom. The van der Waals surface area contributed by atoms with Crippen molar-refractivity contribution in [1.82, 2.24) is 9.78 Å². The van der Waals surface area contributed by atoms with Crippen molar-refractivity contribution in [3.63, 3.8) is 0 Å². The lowest BCUT2D eigenvalue weighted by Crippen LogP contribution is -2.34. The first-order chi connectivity index (χ1) is 12.0. The highest BCUT2D eigenvalue weighted by Crippen LogP contribution is 2.40. The summed E-state index contributed by atoms with van der Waals surface area (Å²) in [5.41, 5.74) is -0.664. The third-order valence-corrected chi connectivity index (χ3v) is 4.19. The number of carboxylic acid groups (broad SMARTS) is 1. The van der Waals surface area contributed by atoms with E-state index in [-0.39, 0.29) is 17.7 Å². The van der Waals surface area contributed by atoms with Gasteiger partial charge in [0.05, 0.1) is 22.7 Å². The number of carbonyl (C=O) groups is 1. The third-order valence-electron chi connectivity index (χ3n) is 4.19. The molecule has 26 heavy (non-hydrogen) atoms. The van der Waals surface area contributed by atoms with Crippen molar-refractivity contribution < 1.29 is 23.1 Å². The van der Waals surface area contributed by atoms with Gasteiger partial charge < -0.3 is 5.11 Å². The van der Waals surface area contributed by atoms with E-state index in [1.165, 1.54) is 28.9 Å². The Balaban J connectivity index is 2.48. The maximum Gasteiger partial charge on any atom is 0.394 e. The monoisotopic (exact) mass is 365 g/mol. The van der Waals surface area contributed by atoms with E-state index in [4.69, 9.17) is 5.11 Å². The highest BCUT2D eigenvalue weighted by molar-refractivity contribution is 5.87. The Hall–Kier alpha value is -2.82. The third kappa shape index (κ3) is 3.72. The fraction of sp³-hybridized carbons (Fsp3) is 0.389. The number of nitriles is 1. The average molecular weight is 365 g/mol. The molecule has 0 unspecified atom stereocenters. The summed E-state index contributed by atoms with van der Waals surface area (Å²) in [4.78, 5) is 11.1. The Kier molecular flexibility index (Phi) is 5.12. The van der Waals surface area contributed by atoms with Crippen molar-refractivity contribution in [3.05, 3.63) is 41.1 Å². The van der Waals surface area contributed by atoms with Crippen LogP contribution in [-0.4, -0.2) is 27.0 Å². The van der Waals surface area contributed by atoms with Crippen LogP contribution in [0.1, 0.15) is 42.4 Å². The standard InChI is InChI=1S/C18H18F3N3O2/c1-4-24-15(8-14(23-24)16(25)26)13-6-5-11(7-12(13)10-22)9-17(2,3)18(19,20)21/h5-8H,4,9H2,1-3H3,(H,25,26). The molecule has 1 aromatic heterocycles. The zero-order valence-corrected chi connectivity index (χ0v) is 14.6. The zero-order chi connectivity index (χ0) is 19.7. The lowest BCUT2D eigenvalue weighted by molar-refractivity contribution is -0.211. The van der Waals surface area contributed by atoms with Crippen LogP contribution in [-0.2, 0) is 13.0 Å². The molecule has 0 aliphatic carbocycles. The van der Waals surface area contributed by atoms with Gasteiger partial charge in [-0.15, -0.1) is 0 Å². The van der Waals surface area contributed by atoms with Gasteiger partial charge in [0.15, 0.2) is 5.69 Å². The summed E-state index contributed by atoms with van der Waals surface area (Å²) < 4.78 is 40.7. The molecule has 2 rings (SSSR count). The van der Waals surface area contributed by atoms with E-state index < -0.39 is 17.6 Å². The van der Waals surface area contributed by atoms with Gasteiger partial charge in [-0.2, -0.15) is 23.5 Å². The number of rotatable bonds is 5. The fourth-order valence-corrected chi connectivity index (χ4v) is 2.61. The molecule has 0 fully saturated rings. The van der Waals surface area contributed by atoms with E-state index in [1.54, 1.807) is 6.92 Å². The second kappa shape index (κ2) is 6.83. The minimum absolute atomic E-state index is 0.159. The van der Waals surface area contributed by atoms with Gasteiger partial charge in [0, 0.05) is 12.1 Å². The first kappa shape index (κ1) is 19.5. The molecule has 0 amide bonds. The normalized spacial score (nSPS) is 12.0. The number of nitrogens with zero attached hydrogens (tertiary/aromatic N) is 3. The minimum Gasteiger partial charge on any atom is -0.476 e. The van der Waals surface area contributed by atoms with Crippen molar-refractivity contribution in [3.8, 4) is 17.3 Å². The molecule has 0 radical (unpaired) electrons. The molecule has 0 saturated carbocycles. The summed E-state index contributed by atoms with van der Waals surface area (Å²) >= 11 is 0. The Bertz CT molecular complexity index is 877. The van der Waals surface area contributed by atoms with Gasteiger partial charge in [0.2, 0.25) is 0 Å². The number of hydrogen-bond donors (Lipinski definition) is 1. The minimum atomic E-state index is -4.37. The number of alkyl halides is 3. The number of aromatic nitrogens is 2. The molecule has 1 heterocycles. The van der Waals surface area contributed by atoms with Crippen LogP contribution in [0.5, 0.6) is 0 Å². The first-order valence-electron chi connectivity index (χ1n) is 7.91. The van der Waals surface area contributed by atoms with E-state index in [0.717, 1.165) is 13.8 Å². The van der Waals surface area contributed by atoms with Crippen molar-refractivity contribution in [2.45, 2.75) is 39.9 Å². The molecule has 1 N–H and O–H groups in total. The van der Waals surface area contributed by atoms with Crippen LogP contribution in [0.25, 0.3) is 11.3 Å². The molecule has 2 aromatic rings. The topological polar surface area (TPSA) is 78.9 Å². The molecule has 0 saturated heterocycles. The highest BCUT2D eigenvalue weighted by atomic mass is 19.4. The quantitative estimate of drug-likeness (QED) is 0.858. The molecule has 0 atom stereocenters. The van der Waals surface area contributed by atoms with Crippen molar-refractivity contribution in [2.24, 2.45) is 5.41 Å². The molecule has 138 valence electrons. The number of carboxylic acids is 1. The fourth-order valence-electron chi connectivity index (χ4n) is 2.61. The Labute approximate surface area is 148 Å². The van der Waals surface area contributed by atoms with Gasteiger partial charge in [0.25, 0.3) is 0 Å². The average Bonchev–Trinajstić information content (AvgIpc) is 2.97. The van der Waals surface area contributed by atoms with E-state index in [2.05, 4.69) is 5.10 Å². The molecule has 0 aliphatic heterocycles. The molecular formula is C18H18F3N3O2. The summed E-state index contributed by atoms with van der Waals surface area (Å²) in [7, 11) is 0. The molecule has 5 nitrogen and oxygen atoms in total. The molecular weight excluding hydrogens is 347 g/mol. The molecule has 0 bridgehead atoms. The van der Waals surface area contributed by atoms with E-state index in [0.29, 0.717) is 23.4 Å². The van der Waals surface area contributed by atoms with Crippen LogP contribution in [0.4, 0.5) is 13.2 Å². The van der Waals surface area contributed by atoms with Crippen LogP contribution in [0.15, 0.2) is 24.3 Å². The van der Waals surface area contributed by atoms with Gasteiger partial charge in [-0.25, -0.2) is 4.79 Å². The maximum absolute atomic E-state index is 13.1. The summed E-state index contributed by atoms with van der Waals surface area (Å²) in [5.74, 6) is -1.19. The summed E-state index contributed by atoms with van der Waals surface area (Å²) in [6.07, 6.45) is -4.63. The molecule has 8 heteroatoms. The molecule has 0 spiro atoms. The number of aromatic carboxylic acids is 1. The Morgan fingerprint density at radius 2 is 1.96 bits per heavy atom. The van der Waals surface area contributed by atoms with Gasteiger partial charge in [-0.3, -0.25) is 4.68 Å². The summed E-state index contributed by atoms with van der Waals surface area (Å²) in [6.45, 7) is 4.38. The first-order valence-corrected chi connectivity index (χ1v) is 7.91. The SMILES string of the molecule is CCn1nc(C(=O)O)cc1-c1ccc(CC(C)(C)C(F)(F)F)cc1C#N. The molecule has 1 aromatic carbocycles. The summed E-state index contributed by atoms with van der Waals surface area (Å²) in [5, 5.41) is 22.5. The maximum atomic E-state index is 13.1. The second-order valence-electron chi connectivity index (χ2n) is 6.59. The predicted octanol–water partition coefficient (Wildman–Crippen LogP) is 4.27. The van der Waals surface area contributed by atoms with E-state index >= 15 is 0 Å². The smallest absolute Gasteiger partial charge is 0.394 e. The van der Waals surface area contributed by atoms with Gasteiger partial charge in [0.1, 0.15) is 0 Å². The Morgan fingerprint density at radius 1 is 1.31 bits per heavy atom. The number of hydrogen-bond acceptors (Lipinski definition) is 3. The number of halogens is 3. The number of benzene rings is 1. The van der Waals surface area contributed by atoms with Crippen molar-refractivity contribution in [1.29, 1.82) is 5.26 Å². The summed E-state index contributed by atoms with van der Waals surface area (Å²) in [6, 6.07) is 7.80. The van der Waals surface area contributed by atoms with Crippen LogP contribution in [0, 0.1) is 16.7 Å². The van der Waals surface area contributed by atoms with E-state index in [1.807, 2.05) is 6.07 Å². The van der Waals surface area contributed by atoms with Crippen LogP contribution >= 0.6 is 0 Å². The number of aryl methyl sites for hydroxylation is 1. The van der Waals surface area contributed by atoms with Crippen LogP contribution in [0.2, 0.25) is 0 Å². The van der Waals surface area contributed by atoms with Gasteiger partial charge in [-0.1, -0.05) is 26.0 Å². The largest absolute Gasteiger partial charge is 0.476 e. The van der Waals surface area contributed by atoms with Crippen LogP contribution < -0.4 is 0 Å². The van der Waals surface area contributed by atoms with Gasteiger partial charge >= 0.3 is 12.1 Å². The van der Waals surface area contributed by atoms with E-state index in [9.17, 15) is 23.2 Å².